The van der Waals surface area contributed by atoms with Gasteiger partial charge in [-0.1, -0.05) is 89.2 Å². The number of rotatable bonds is 5. The molecule has 0 spiro atoms. The molecule has 2 aliphatic rings. The number of nitriles is 1. The normalized spacial score (nSPS) is 21.8. The standard InChI is InChI=1S/C17H24ClFN2.C11H15N.C7H6ClF.C2H4.CH4/c1-10-15(11-6-5-7-13(18)16(11)19)12(9-20)14(21-10)8-17(2,3)4;1-4-9-6-7-11(12-3)10(5-2)8-9;1-5-2-3-6(8)4-7(5)9;1-2;/h5,7,10-12,14-15,21H,6,8H2,1-4H3;4,6-8,12H,1,5H2,2-3H3;2-4H,1H3;1-2H2;1H4/t10-,11?,12?,14?,15?;;;;/m0..../s1. The summed E-state index contributed by atoms with van der Waals surface area (Å²) >= 11 is 11.4. The first-order chi connectivity index (χ1) is 20.8. The smallest absolute Gasteiger partial charge is 0.127 e. The number of anilines is 1. The van der Waals surface area contributed by atoms with Crippen LogP contribution < -0.4 is 10.6 Å². The van der Waals surface area contributed by atoms with Gasteiger partial charge in [0.25, 0.3) is 0 Å². The van der Waals surface area contributed by atoms with E-state index in [9.17, 15) is 14.0 Å². The van der Waals surface area contributed by atoms with E-state index in [1.165, 1.54) is 22.9 Å². The molecule has 5 atom stereocenters. The van der Waals surface area contributed by atoms with Crippen molar-refractivity contribution in [2.75, 3.05) is 12.4 Å². The third kappa shape index (κ3) is 12.8. The fraction of sp³-hybridized carbons (Fsp3) is 0.447. The molecule has 0 aromatic heterocycles. The van der Waals surface area contributed by atoms with Gasteiger partial charge in [0.1, 0.15) is 11.6 Å². The molecule has 1 fully saturated rings. The average Bonchev–Trinajstić information content (AvgIpc) is 3.30. The highest BCUT2D eigenvalue weighted by Crippen LogP contribution is 2.44. The number of benzene rings is 2. The molecule has 1 aliphatic heterocycles. The molecule has 1 saturated heterocycles. The van der Waals surface area contributed by atoms with E-state index in [1.54, 1.807) is 25.1 Å². The molecule has 4 unspecified atom stereocenters. The molecule has 1 aliphatic carbocycles. The number of halogens is 4. The molecular formula is C38H53Cl2F2N3. The van der Waals surface area contributed by atoms with Crippen LogP contribution in [0.3, 0.4) is 0 Å². The molecule has 0 bridgehead atoms. The molecule has 1 heterocycles. The van der Waals surface area contributed by atoms with E-state index >= 15 is 0 Å². The number of nitrogens with zero attached hydrogens (tertiary/aromatic N) is 1. The van der Waals surface area contributed by atoms with Gasteiger partial charge >= 0.3 is 0 Å². The molecule has 0 radical (unpaired) electrons. The molecule has 248 valence electrons. The lowest BCUT2D eigenvalue weighted by Crippen LogP contribution is -2.33. The minimum absolute atomic E-state index is 0. The van der Waals surface area contributed by atoms with Crippen LogP contribution in [0, 0.1) is 47.2 Å². The van der Waals surface area contributed by atoms with Crippen LogP contribution in [0.15, 0.2) is 79.1 Å². The lowest BCUT2D eigenvalue weighted by atomic mass is 9.73. The summed E-state index contributed by atoms with van der Waals surface area (Å²) in [6, 6.07) is 13.6. The second-order valence-corrected chi connectivity index (χ2v) is 13.0. The Morgan fingerprint density at radius 1 is 1.13 bits per heavy atom. The zero-order valence-electron chi connectivity index (χ0n) is 27.3. The van der Waals surface area contributed by atoms with Crippen molar-refractivity contribution in [3.8, 4) is 6.07 Å². The minimum Gasteiger partial charge on any atom is -0.388 e. The van der Waals surface area contributed by atoms with E-state index in [4.69, 9.17) is 23.2 Å². The van der Waals surface area contributed by atoms with Crippen LogP contribution in [-0.2, 0) is 6.42 Å². The Hall–Kier alpha value is -2.91. The average molecular weight is 661 g/mol. The van der Waals surface area contributed by atoms with Gasteiger partial charge in [-0.2, -0.15) is 5.26 Å². The summed E-state index contributed by atoms with van der Waals surface area (Å²) in [5.41, 5.74) is 4.50. The molecule has 2 aromatic rings. The second kappa shape index (κ2) is 20.3. The van der Waals surface area contributed by atoms with Crippen LogP contribution in [0.4, 0.5) is 14.5 Å². The zero-order chi connectivity index (χ0) is 33.6. The number of aryl methyl sites for hydroxylation is 2. The van der Waals surface area contributed by atoms with Crippen LogP contribution in [-0.4, -0.2) is 19.1 Å². The van der Waals surface area contributed by atoms with Crippen molar-refractivity contribution in [1.29, 1.82) is 5.26 Å². The van der Waals surface area contributed by atoms with Crippen LogP contribution in [0.1, 0.15) is 71.6 Å². The Kier molecular flexibility index (Phi) is 19.0. The van der Waals surface area contributed by atoms with Gasteiger partial charge in [-0.25, -0.2) is 8.78 Å². The molecule has 2 N–H and O–H groups in total. The number of allylic oxidation sites excluding steroid dienone is 4. The lowest BCUT2D eigenvalue weighted by Gasteiger charge is -2.29. The Labute approximate surface area is 282 Å². The highest BCUT2D eigenvalue weighted by molar-refractivity contribution is 6.31. The van der Waals surface area contributed by atoms with Crippen molar-refractivity contribution < 1.29 is 8.78 Å². The maximum atomic E-state index is 14.4. The first-order valence-electron chi connectivity index (χ1n) is 15.0. The number of hydrogen-bond donors (Lipinski definition) is 2. The lowest BCUT2D eigenvalue weighted by molar-refractivity contribution is 0.253. The Morgan fingerprint density at radius 3 is 2.27 bits per heavy atom. The van der Waals surface area contributed by atoms with E-state index in [2.05, 4.69) is 89.3 Å². The summed E-state index contributed by atoms with van der Waals surface area (Å²) in [6.45, 7) is 22.2. The summed E-state index contributed by atoms with van der Waals surface area (Å²) in [7, 11) is 1.95. The van der Waals surface area contributed by atoms with E-state index in [0.29, 0.717) is 17.0 Å². The van der Waals surface area contributed by atoms with Gasteiger partial charge in [0, 0.05) is 41.7 Å². The first kappa shape index (κ1) is 42.1. The van der Waals surface area contributed by atoms with Crippen molar-refractivity contribution in [3.05, 3.63) is 107 Å². The number of hydrogen-bond acceptors (Lipinski definition) is 3. The first-order valence-corrected chi connectivity index (χ1v) is 15.7. The highest BCUT2D eigenvalue weighted by atomic mass is 35.5. The van der Waals surface area contributed by atoms with Crippen molar-refractivity contribution in [1.82, 2.24) is 5.32 Å². The van der Waals surface area contributed by atoms with Gasteiger partial charge < -0.3 is 10.6 Å². The predicted molar refractivity (Wildman–Crippen MR) is 194 cm³/mol. The highest BCUT2D eigenvalue weighted by Gasteiger charge is 2.47. The molecular weight excluding hydrogens is 607 g/mol. The summed E-state index contributed by atoms with van der Waals surface area (Å²) in [6.07, 6.45) is 7.99. The molecule has 3 nitrogen and oxygen atoms in total. The Balaban J connectivity index is 0.000000684. The SMILES string of the molecule is C.C=C.C=Cc1ccc(NC)c(CC)c1.C[C@@H]1NC(CC(C)(C)C)C(C#N)C1C1CC=CC(Cl)=C1F.Cc1ccc(Cl)cc1F. The zero-order valence-corrected chi connectivity index (χ0v) is 28.8. The van der Waals surface area contributed by atoms with Gasteiger partial charge in [0.05, 0.1) is 17.0 Å². The van der Waals surface area contributed by atoms with E-state index in [1.807, 2.05) is 19.2 Å². The summed E-state index contributed by atoms with van der Waals surface area (Å²) in [5.74, 6) is -0.983. The van der Waals surface area contributed by atoms with E-state index < -0.39 is 0 Å². The van der Waals surface area contributed by atoms with Crippen LogP contribution in [0.25, 0.3) is 6.08 Å². The van der Waals surface area contributed by atoms with Crippen molar-refractivity contribution in [3.63, 3.8) is 0 Å². The molecule has 2 aromatic carbocycles. The molecule has 0 amide bonds. The second-order valence-electron chi connectivity index (χ2n) is 12.1. The van der Waals surface area contributed by atoms with Crippen LogP contribution in [0.2, 0.25) is 5.02 Å². The molecule has 7 heteroatoms. The Morgan fingerprint density at radius 2 is 1.78 bits per heavy atom. The van der Waals surface area contributed by atoms with Crippen LogP contribution >= 0.6 is 23.2 Å². The van der Waals surface area contributed by atoms with Gasteiger partial charge in [0.2, 0.25) is 0 Å². The molecule has 4 rings (SSSR count). The third-order valence-electron chi connectivity index (χ3n) is 7.71. The fourth-order valence-electron chi connectivity index (χ4n) is 5.60. The predicted octanol–water partition coefficient (Wildman–Crippen LogP) is 11.7. The maximum absolute atomic E-state index is 14.4. The quantitative estimate of drug-likeness (QED) is 0.314. The topological polar surface area (TPSA) is 47.8 Å². The maximum Gasteiger partial charge on any atom is 0.127 e. The minimum atomic E-state index is -0.278. The third-order valence-corrected chi connectivity index (χ3v) is 8.25. The number of nitrogens with one attached hydrogen (secondary N) is 2. The van der Waals surface area contributed by atoms with E-state index in [0.717, 1.165) is 12.8 Å². The Bertz CT molecular complexity index is 1320. The molecule has 45 heavy (non-hydrogen) atoms. The molecule has 0 saturated carbocycles. The van der Waals surface area contributed by atoms with E-state index in [-0.39, 0.29) is 59.4 Å². The summed E-state index contributed by atoms with van der Waals surface area (Å²) < 4.78 is 26.9. The van der Waals surface area contributed by atoms with Gasteiger partial charge in [0.15, 0.2) is 0 Å². The summed E-state index contributed by atoms with van der Waals surface area (Å²) in [4.78, 5) is 0. The fourth-order valence-corrected chi connectivity index (χ4v) is 5.99. The van der Waals surface area contributed by atoms with Gasteiger partial charge in [-0.05, 0) is 85.6 Å². The van der Waals surface area contributed by atoms with Crippen LogP contribution in [0.5, 0.6) is 0 Å². The van der Waals surface area contributed by atoms with Crippen molar-refractivity contribution >= 4 is 35.0 Å². The van der Waals surface area contributed by atoms with Crippen molar-refractivity contribution in [2.45, 2.75) is 80.3 Å². The van der Waals surface area contributed by atoms with Crippen molar-refractivity contribution in [2.24, 2.45) is 23.2 Å². The monoisotopic (exact) mass is 659 g/mol. The van der Waals surface area contributed by atoms with Gasteiger partial charge in [-0.15, -0.1) is 13.2 Å². The largest absolute Gasteiger partial charge is 0.388 e. The summed E-state index contributed by atoms with van der Waals surface area (Å²) in [5, 5.41) is 16.9. The van der Waals surface area contributed by atoms with Gasteiger partial charge in [-0.3, -0.25) is 0 Å².